The van der Waals surface area contributed by atoms with Crippen LogP contribution in [0.2, 0.25) is 0 Å². The molecule has 1 aromatic carbocycles. The van der Waals surface area contributed by atoms with Crippen molar-refractivity contribution in [3.8, 4) is 0 Å². The van der Waals surface area contributed by atoms with Crippen LogP contribution in [-0.2, 0) is 6.54 Å². The third kappa shape index (κ3) is 4.68. The molecular weight excluding hydrogens is 449 g/mol. The van der Waals surface area contributed by atoms with Crippen molar-refractivity contribution >= 4 is 28.8 Å². The highest BCUT2D eigenvalue weighted by atomic mass is 19.1. The second-order valence-electron chi connectivity index (χ2n) is 8.59. The number of carbonyl (C=O) groups is 2. The number of rotatable bonds is 7. The molecule has 10 heteroatoms. The van der Waals surface area contributed by atoms with Gasteiger partial charge in [-0.1, -0.05) is 6.07 Å². The Bertz CT molecular complexity index is 1450. The number of aromatic nitrogens is 4. The number of nitrogens with zero attached hydrogens (tertiary/aromatic N) is 4. The van der Waals surface area contributed by atoms with E-state index in [1.165, 1.54) is 24.7 Å². The van der Waals surface area contributed by atoms with Gasteiger partial charge < -0.3 is 16.0 Å². The standard InChI is InChI=1S/C25H24FN7O2/c1-14-5-6-16(24(34)31-17-7-8-17)10-20(14)32-23-22-15(2)18(12-33(22)30-13-29-23)25(35)28-11-21-19(26)4-3-9-27-21/h3-6,9-10,12-13,17H,7-8,11H2,1-2H3,(H,28,35)(H,31,34)(H,29,30,32). The van der Waals surface area contributed by atoms with Gasteiger partial charge in [0.25, 0.3) is 11.8 Å². The molecule has 0 unspecified atom stereocenters. The molecule has 3 heterocycles. The fourth-order valence-electron chi connectivity index (χ4n) is 3.81. The van der Waals surface area contributed by atoms with Crippen LogP contribution in [0.1, 0.15) is 50.4 Å². The van der Waals surface area contributed by atoms with Crippen molar-refractivity contribution in [2.75, 3.05) is 5.32 Å². The maximum Gasteiger partial charge on any atom is 0.253 e. The first-order valence-electron chi connectivity index (χ1n) is 11.3. The van der Waals surface area contributed by atoms with E-state index in [-0.39, 0.29) is 30.1 Å². The molecule has 1 aliphatic carbocycles. The van der Waals surface area contributed by atoms with Gasteiger partial charge in [0, 0.05) is 29.7 Å². The minimum absolute atomic E-state index is 0.0389. The topological polar surface area (TPSA) is 113 Å². The van der Waals surface area contributed by atoms with E-state index >= 15 is 0 Å². The highest BCUT2D eigenvalue weighted by molar-refractivity contribution is 5.99. The molecule has 0 aliphatic heterocycles. The molecular formula is C25H24FN7O2. The van der Waals surface area contributed by atoms with Crippen molar-refractivity contribution in [1.82, 2.24) is 30.2 Å². The lowest BCUT2D eigenvalue weighted by atomic mass is 10.1. The Labute approximate surface area is 200 Å². The molecule has 1 fully saturated rings. The molecule has 0 atom stereocenters. The number of carbonyl (C=O) groups excluding carboxylic acids is 2. The second kappa shape index (κ2) is 9.13. The SMILES string of the molecule is Cc1ccc(C(=O)NC2CC2)cc1Nc1ncnn2cc(C(=O)NCc3ncccc3F)c(C)c12. The van der Waals surface area contributed by atoms with E-state index in [0.717, 1.165) is 24.1 Å². The molecule has 5 rings (SSSR count). The number of pyridine rings is 1. The summed E-state index contributed by atoms with van der Waals surface area (Å²) in [7, 11) is 0. The summed E-state index contributed by atoms with van der Waals surface area (Å²) >= 11 is 0. The fraction of sp³-hybridized carbons (Fsp3) is 0.240. The Kier molecular flexibility index (Phi) is 5.86. The zero-order valence-corrected chi connectivity index (χ0v) is 19.3. The van der Waals surface area contributed by atoms with E-state index in [2.05, 4.69) is 31.0 Å². The number of amides is 2. The molecule has 178 valence electrons. The summed E-state index contributed by atoms with van der Waals surface area (Å²) in [6.45, 7) is 3.69. The Morgan fingerprint density at radius 3 is 2.74 bits per heavy atom. The van der Waals surface area contributed by atoms with Crippen molar-refractivity contribution in [2.45, 2.75) is 39.3 Å². The summed E-state index contributed by atoms with van der Waals surface area (Å²) < 4.78 is 15.4. The minimum Gasteiger partial charge on any atom is -0.349 e. The molecule has 35 heavy (non-hydrogen) atoms. The lowest BCUT2D eigenvalue weighted by Gasteiger charge is -2.12. The van der Waals surface area contributed by atoms with Crippen LogP contribution < -0.4 is 16.0 Å². The van der Waals surface area contributed by atoms with E-state index in [9.17, 15) is 14.0 Å². The number of nitrogens with one attached hydrogen (secondary N) is 3. The largest absolute Gasteiger partial charge is 0.349 e. The molecule has 0 bridgehead atoms. The molecule has 3 aromatic heterocycles. The van der Waals surface area contributed by atoms with Crippen LogP contribution in [0.5, 0.6) is 0 Å². The molecule has 0 radical (unpaired) electrons. The summed E-state index contributed by atoms with van der Waals surface area (Å²) in [6, 6.07) is 8.52. The van der Waals surface area contributed by atoms with Crippen LogP contribution >= 0.6 is 0 Å². The van der Waals surface area contributed by atoms with E-state index in [0.29, 0.717) is 28.0 Å². The van der Waals surface area contributed by atoms with Gasteiger partial charge in [0.1, 0.15) is 17.7 Å². The van der Waals surface area contributed by atoms with Gasteiger partial charge in [-0.15, -0.1) is 0 Å². The average molecular weight is 474 g/mol. The van der Waals surface area contributed by atoms with Crippen molar-refractivity contribution in [2.24, 2.45) is 0 Å². The molecule has 1 saturated carbocycles. The normalized spacial score (nSPS) is 13.0. The van der Waals surface area contributed by atoms with E-state index < -0.39 is 5.82 Å². The van der Waals surface area contributed by atoms with Gasteiger partial charge in [0.2, 0.25) is 0 Å². The first kappa shape index (κ1) is 22.5. The minimum atomic E-state index is -0.479. The molecule has 4 aromatic rings. The number of anilines is 2. The maximum atomic E-state index is 13.9. The predicted molar refractivity (Wildman–Crippen MR) is 128 cm³/mol. The van der Waals surface area contributed by atoms with Crippen LogP contribution in [0.15, 0.2) is 49.1 Å². The number of aryl methyl sites for hydroxylation is 2. The molecule has 1 aliphatic rings. The summed E-state index contributed by atoms with van der Waals surface area (Å²) in [4.78, 5) is 33.7. The lowest BCUT2D eigenvalue weighted by molar-refractivity contribution is 0.0942. The molecule has 2 amide bonds. The Morgan fingerprint density at radius 1 is 1.14 bits per heavy atom. The maximum absolute atomic E-state index is 13.9. The van der Waals surface area contributed by atoms with Crippen molar-refractivity contribution in [1.29, 1.82) is 0 Å². The Morgan fingerprint density at radius 2 is 1.97 bits per heavy atom. The highest BCUT2D eigenvalue weighted by Gasteiger charge is 2.24. The molecule has 0 spiro atoms. The van der Waals surface area contributed by atoms with Crippen LogP contribution in [0.4, 0.5) is 15.9 Å². The smallest absolute Gasteiger partial charge is 0.253 e. The number of fused-ring (bicyclic) bond motifs is 1. The number of hydrogen-bond donors (Lipinski definition) is 3. The van der Waals surface area contributed by atoms with E-state index in [1.54, 1.807) is 29.8 Å². The predicted octanol–water partition coefficient (Wildman–Crippen LogP) is 3.45. The Hall–Kier alpha value is -4.34. The van der Waals surface area contributed by atoms with Gasteiger partial charge in [-0.3, -0.25) is 14.6 Å². The van der Waals surface area contributed by atoms with Crippen LogP contribution in [0, 0.1) is 19.7 Å². The summed E-state index contributed by atoms with van der Waals surface area (Å²) in [6.07, 6.45) is 6.50. The van der Waals surface area contributed by atoms with Crippen LogP contribution in [0.25, 0.3) is 5.52 Å². The quantitative estimate of drug-likeness (QED) is 0.379. The first-order valence-corrected chi connectivity index (χ1v) is 11.3. The first-order chi connectivity index (χ1) is 16.9. The monoisotopic (exact) mass is 473 g/mol. The van der Waals surface area contributed by atoms with Gasteiger partial charge in [0.15, 0.2) is 5.82 Å². The number of halogens is 1. The third-order valence-electron chi connectivity index (χ3n) is 5.99. The third-order valence-corrected chi connectivity index (χ3v) is 5.99. The van der Waals surface area contributed by atoms with Gasteiger partial charge in [-0.05, 0) is 62.1 Å². The average Bonchev–Trinajstić information content (AvgIpc) is 3.60. The molecule has 3 N–H and O–H groups in total. The van der Waals surface area contributed by atoms with Crippen molar-refractivity contribution < 1.29 is 14.0 Å². The summed E-state index contributed by atoms with van der Waals surface area (Å²) in [5.74, 6) is -0.466. The van der Waals surface area contributed by atoms with Crippen LogP contribution in [0.3, 0.4) is 0 Å². The second-order valence-corrected chi connectivity index (χ2v) is 8.59. The van der Waals surface area contributed by atoms with Gasteiger partial charge in [0.05, 0.1) is 17.8 Å². The lowest BCUT2D eigenvalue weighted by Crippen LogP contribution is -2.25. The summed E-state index contributed by atoms with van der Waals surface area (Å²) in [5.41, 5.74) is 4.05. The fourth-order valence-corrected chi connectivity index (χ4v) is 3.81. The Balaban J connectivity index is 1.40. The summed E-state index contributed by atoms with van der Waals surface area (Å²) in [5, 5.41) is 13.2. The van der Waals surface area contributed by atoms with Crippen LogP contribution in [-0.4, -0.2) is 37.4 Å². The highest BCUT2D eigenvalue weighted by Crippen LogP contribution is 2.28. The van der Waals surface area contributed by atoms with Gasteiger partial charge in [-0.25, -0.2) is 13.9 Å². The van der Waals surface area contributed by atoms with Crippen molar-refractivity contribution in [3.05, 3.63) is 82.8 Å². The number of benzene rings is 1. The zero-order chi connectivity index (χ0) is 24.5. The molecule has 0 saturated heterocycles. The van der Waals surface area contributed by atoms with E-state index in [4.69, 9.17) is 0 Å². The zero-order valence-electron chi connectivity index (χ0n) is 19.3. The van der Waals surface area contributed by atoms with Gasteiger partial charge in [-0.2, -0.15) is 5.10 Å². The van der Waals surface area contributed by atoms with Gasteiger partial charge >= 0.3 is 0 Å². The number of hydrogen-bond acceptors (Lipinski definition) is 6. The van der Waals surface area contributed by atoms with E-state index in [1.807, 2.05) is 13.0 Å². The van der Waals surface area contributed by atoms with Crippen molar-refractivity contribution in [3.63, 3.8) is 0 Å². The molecule has 9 nitrogen and oxygen atoms in total.